The quantitative estimate of drug-likeness (QED) is 0.635. The van der Waals surface area contributed by atoms with Crippen LogP contribution in [0.4, 0.5) is 11.5 Å². The summed E-state index contributed by atoms with van der Waals surface area (Å²) in [6.07, 6.45) is 1.71. The molecule has 0 aliphatic carbocycles. The molecule has 0 spiro atoms. The molecule has 27 heavy (non-hydrogen) atoms. The van der Waals surface area contributed by atoms with Crippen LogP contribution in [0.5, 0.6) is 0 Å². The minimum Gasteiger partial charge on any atom is -0.378 e. The maximum atomic E-state index is 12.1. The minimum atomic E-state index is -3.42. The van der Waals surface area contributed by atoms with E-state index in [1.165, 1.54) is 0 Å². The fourth-order valence-corrected chi connectivity index (χ4v) is 3.96. The van der Waals surface area contributed by atoms with E-state index in [-0.39, 0.29) is 12.3 Å². The molecule has 3 rings (SSSR count). The zero-order valence-corrected chi connectivity index (χ0v) is 16.3. The molecular formula is C17H22ClN5O3S. The van der Waals surface area contributed by atoms with Crippen LogP contribution in [0.25, 0.3) is 0 Å². The van der Waals surface area contributed by atoms with Crippen LogP contribution in [0, 0.1) is 0 Å². The molecule has 1 fully saturated rings. The van der Waals surface area contributed by atoms with Crippen LogP contribution in [0.15, 0.2) is 36.5 Å². The summed E-state index contributed by atoms with van der Waals surface area (Å²) in [5.74, 6) is 0.520. The topological polar surface area (TPSA) is 96.5 Å². The Balaban J connectivity index is 1.46. The summed E-state index contributed by atoms with van der Waals surface area (Å²) in [6, 6.07) is 8.65. The Kier molecular flexibility index (Phi) is 6.84. The van der Waals surface area contributed by atoms with Gasteiger partial charge in [0.05, 0.1) is 30.9 Å². The van der Waals surface area contributed by atoms with Crippen molar-refractivity contribution in [3.05, 3.63) is 47.1 Å². The van der Waals surface area contributed by atoms with Crippen molar-refractivity contribution in [2.45, 2.75) is 5.75 Å². The second kappa shape index (κ2) is 9.32. The van der Waals surface area contributed by atoms with Gasteiger partial charge in [0.1, 0.15) is 0 Å². The number of rotatable bonds is 8. The molecule has 2 heterocycles. The highest BCUT2D eigenvalue weighted by atomic mass is 35.5. The summed E-state index contributed by atoms with van der Waals surface area (Å²) in [5.41, 5.74) is 1.66. The maximum Gasteiger partial charge on any atom is 0.215 e. The highest BCUT2D eigenvalue weighted by Crippen LogP contribution is 2.17. The number of nitrogens with zero attached hydrogens (tertiary/aromatic N) is 3. The molecule has 0 atom stereocenters. The molecule has 2 aromatic rings. The molecule has 0 saturated carbocycles. The third kappa shape index (κ3) is 6.31. The normalized spacial score (nSPS) is 14.9. The molecule has 1 aromatic carbocycles. The van der Waals surface area contributed by atoms with E-state index in [9.17, 15) is 8.42 Å². The molecule has 8 nitrogen and oxygen atoms in total. The average molecular weight is 412 g/mol. The number of halogens is 1. The molecule has 146 valence electrons. The Hall–Kier alpha value is -1.94. The van der Waals surface area contributed by atoms with Crippen LogP contribution in [0.1, 0.15) is 5.56 Å². The number of hydrogen-bond acceptors (Lipinski definition) is 7. The monoisotopic (exact) mass is 411 g/mol. The van der Waals surface area contributed by atoms with Crippen LogP contribution in [0.3, 0.4) is 0 Å². The number of nitrogens with one attached hydrogen (secondary N) is 2. The van der Waals surface area contributed by atoms with Crippen molar-refractivity contribution < 1.29 is 13.2 Å². The largest absolute Gasteiger partial charge is 0.378 e. The second-order valence-electron chi connectivity index (χ2n) is 6.11. The van der Waals surface area contributed by atoms with Crippen molar-refractivity contribution >= 4 is 33.1 Å². The number of hydrogen-bond donors (Lipinski definition) is 2. The molecule has 10 heteroatoms. The van der Waals surface area contributed by atoms with Gasteiger partial charge >= 0.3 is 0 Å². The summed E-state index contributed by atoms with van der Waals surface area (Å²) < 4.78 is 32.2. The van der Waals surface area contributed by atoms with Gasteiger partial charge in [-0.25, -0.2) is 13.1 Å². The number of ether oxygens (including phenoxy) is 1. The SMILES string of the molecule is O=S(=O)(Cc1ccc(Cl)cc1)NCCNc1cc(N2CCOCC2)cnn1. The first-order valence-electron chi connectivity index (χ1n) is 8.63. The highest BCUT2D eigenvalue weighted by molar-refractivity contribution is 7.88. The van der Waals surface area contributed by atoms with Crippen LogP contribution in [0.2, 0.25) is 5.02 Å². The summed E-state index contributed by atoms with van der Waals surface area (Å²) in [4.78, 5) is 2.18. The van der Waals surface area contributed by atoms with Gasteiger partial charge in [0.25, 0.3) is 0 Å². The molecular weight excluding hydrogens is 390 g/mol. The number of morpholine rings is 1. The van der Waals surface area contributed by atoms with E-state index < -0.39 is 10.0 Å². The van der Waals surface area contributed by atoms with Crippen LogP contribution >= 0.6 is 11.6 Å². The van der Waals surface area contributed by atoms with Gasteiger partial charge in [0, 0.05) is 37.3 Å². The van der Waals surface area contributed by atoms with E-state index in [0.29, 0.717) is 36.2 Å². The van der Waals surface area contributed by atoms with E-state index in [2.05, 4.69) is 25.1 Å². The van der Waals surface area contributed by atoms with Crippen LogP contribution in [-0.2, 0) is 20.5 Å². The van der Waals surface area contributed by atoms with Gasteiger partial charge in [-0.05, 0) is 17.7 Å². The van der Waals surface area contributed by atoms with Crippen LogP contribution < -0.4 is 14.9 Å². The van der Waals surface area contributed by atoms with E-state index in [4.69, 9.17) is 16.3 Å². The predicted molar refractivity (Wildman–Crippen MR) is 106 cm³/mol. The number of benzene rings is 1. The van der Waals surface area contributed by atoms with Crippen molar-refractivity contribution in [3.8, 4) is 0 Å². The Morgan fingerprint density at radius 3 is 2.63 bits per heavy atom. The molecule has 0 amide bonds. The fourth-order valence-electron chi connectivity index (χ4n) is 2.69. The first-order valence-corrected chi connectivity index (χ1v) is 10.7. The molecule has 2 N–H and O–H groups in total. The standard InChI is InChI=1S/C17H22ClN5O3S/c18-15-3-1-14(2-4-15)13-27(24,25)21-6-5-19-17-11-16(12-20-22-17)23-7-9-26-10-8-23/h1-4,11-12,21H,5-10,13H2,(H,19,22). The first kappa shape index (κ1) is 19.8. The van der Waals surface area contributed by atoms with Gasteiger partial charge in [0.15, 0.2) is 5.82 Å². The Labute approximate surface area is 163 Å². The third-order valence-electron chi connectivity index (χ3n) is 4.04. The van der Waals surface area contributed by atoms with Crippen molar-refractivity contribution in [1.29, 1.82) is 0 Å². The summed E-state index contributed by atoms with van der Waals surface area (Å²) in [6.45, 7) is 3.67. The molecule has 1 aliphatic rings. The number of anilines is 2. The average Bonchev–Trinajstić information content (AvgIpc) is 2.68. The van der Waals surface area contributed by atoms with Gasteiger partial charge in [-0.3, -0.25) is 0 Å². The number of sulfonamides is 1. The lowest BCUT2D eigenvalue weighted by Gasteiger charge is -2.28. The highest BCUT2D eigenvalue weighted by Gasteiger charge is 2.13. The zero-order chi connectivity index (χ0) is 19.1. The van der Waals surface area contributed by atoms with Gasteiger partial charge in [-0.2, -0.15) is 5.10 Å². The second-order valence-corrected chi connectivity index (χ2v) is 8.35. The first-order chi connectivity index (χ1) is 13.0. The van der Waals surface area contributed by atoms with E-state index in [1.807, 2.05) is 6.07 Å². The molecule has 0 radical (unpaired) electrons. The maximum absolute atomic E-state index is 12.1. The fraction of sp³-hybridized carbons (Fsp3) is 0.412. The Bertz CT molecular complexity index is 842. The van der Waals surface area contributed by atoms with Crippen molar-refractivity contribution in [3.63, 3.8) is 0 Å². The Morgan fingerprint density at radius 2 is 1.89 bits per heavy atom. The Morgan fingerprint density at radius 1 is 1.15 bits per heavy atom. The van der Waals surface area contributed by atoms with Gasteiger partial charge in [0.2, 0.25) is 10.0 Å². The lowest BCUT2D eigenvalue weighted by molar-refractivity contribution is 0.122. The molecule has 1 saturated heterocycles. The molecule has 1 aromatic heterocycles. The molecule has 1 aliphatic heterocycles. The van der Waals surface area contributed by atoms with Gasteiger partial charge < -0.3 is 15.0 Å². The van der Waals surface area contributed by atoms with Crippen molar-refractivity contribution in [2.24, 2.45) is 0 Å². The van der Waals surface area contributed by atoms with E-state index in [1.54, 1.807) is 30.5 Å². The predicted octanol–water partition coefficient (Wildman–Crippen LogP) is 1.50. The zero-order valence-electron chi connectivity index (χ0n) is 14.8. The van der Waals surface area contributed by atoms with Gasteiger partial charge in [-0.1, -0.05) is 23.7 Å². The summed E-state index contributed by atoms with van der Waals surface area (Å²) in [7, 11) is -3.42. The van der Waals surface area contributed by atoms with E-state index >= 15 is 0 Å². The van der Waals surface area contributed by atoms with Gasteiger partial charge in [-0.15, -0.1) is 5.10 Å². The molecule has 0 bridgehead atoms. The smallest absolute Gasteiger partial charge is 0.215 e. The number of aromatic nitrogens is 2. The summed E-state index contributed by atoms with van der Waals surface area (Å²) >= 11 is 5.81. The lowest BCUT2D eigenvalue weighted by Crippen LogP contribution is -2.36. The third-order valence-corrected chi connectivity index (χ3v) is 5.65. The van der Waals surface area contributed by atoms with Crippen molar-refractivity contribution in [2.75, 3.05) is 49.6 Å². The minimum absolute atomic E-state index is 0.0868. The summed E-state index contributed by atoms with van der Waals surface area (Å²) in [5, 5.41) is 11.7. The van der Waals surface area contributed by atoms with Crippen molar-refractivity contribution in [1.82, 2.24) is 14.9 Å². The van der Waals surface area contributed by atoms with Crippen LogP contribution in [-0.4, -0.2) is 58.0 Å². The van der Waals surface area contributed by atoms with E-state index in [0.717, 1.165) is 18.8 Å². The molecule has 0 unspecified atom stereocenters. The lowest BCUT2D eigenvalue weighted by atomic mass is 10.2.